The van der Waals surface area contributed by atoms with E-state index < -0.39 is 31.3 Å². The average molecular weight is 326 g/mol. The molecule has 5 N–H and O–H groups in total. The maximum Gasteiger partial charge on any atom is 0.336 e. The van der Waals surface area contributed by atoms with Gasteiger partial charge in [-0.3, -0.25) is 9.36 Å². The quantitative estimate of drug-likeness (QED) is 0.479. The summed E-state index contributed by atoms with van der Waals surface area (Å²) < 4.78 is 16.1. The Hall–Kier alpha value is -1.99. The molecule has 1 amide bonds. The fourth-order valence-corrected chi connectivity index (χ4v) is 2.62. The van der Waals surface area contributed by atoms with Gasteiger partial charge in [0.2, 0.25) is 5.91 Å². The van der Waals surface area contributed by atoms with E-state index in [0.717, 1.165) is 6.07 Å². The van der Waals surface area contributed by atoms with Gasteiger partial charge in [0.25, 0.3) is 0 Å². The summed E-state index contributed by atoms with van der Waals surface area (Å²) in [6.45, 7) is 1.52. The number of nitrogens with two attached hydrogens (primary N) is 1. The van der Waals surface area contributed by atoms with E-state index in [-0.39, 0.29) is 11.1 Å². The third kappa shape index (κ3) is 4.02. The van der Waals surface area contributed by atoms with Gasteiger partial charge in [-0.05, 0) is 24.6 Å². The van der Waals surface area contributed by atoms with Crippen LogP contribution in [0.4, 0.5) is 5.69 Å². The van der Waals surface area contributed by atoms with Crippen molar-refractivity contribution in [3.8, 4) is 0 Å². The minimum atomic E-state index is -4.33. The molecule has 0 aliphatic heterocycles. The normalized spacial score (nSPS) is 13.1. The van der Waals surface area contributed by atoms with Gasteiger partial charge in [-0.15, -0.1) is 0 Å². The van der Waals surface area contributed by atoms with Gasteiger partial charge in [0.1, 0.15) is 5.58 Å². The van der Waals surface area contributed by atoms with Crippen molar-refractivity contribution in [2.45, 2.75) is 19.1 Å². The predicted molar refractivity (Wildman–Crippen MR) is 80.5 cm³/mol. The maximum absolute atomic E-state index is 11.5. The van der Waals surface area contributed by atoms with E-state index in [1.807, 2.05) is 0 Å². The van der Waals surface area contributed by atoms with Crippen molar-refractivity contribution in [1.29, 1.82) is 0 Å². The number of anilines is 1. The molecule has 0 bridgehead atoms. The lowest BCUT2D eigenvalue weighted by atomic mass is 10.1. The van der Waals surface area contributed by atoms with Crippen LogP contribution in [0.15, 0.2) is 33.5 Å². The molecule has 2 rings (SSSR count). The predicted octanol–water partition coefficient (Wildman–Crippen LogP) is 0.756. The summed E-state index contributed by atoms with van der Waals surface area (Å²) >= 11 is 0. The van der Waals surface area contributed by atoms with Gasteiger partial charge < -0.3 is 25.3 Å². The zero-order valence-corrected chi connectivity index (χ0v) is 12.5. The topological polar surface area (TPSA) is 143 Å². The van der Waals surface area contributed by atoms with Gasteiger partial charge in [-0.1, -0.05) is 0 Å². The van der Waals surface area contributed by atoms with Crippen LogP contribution in [0.5, 0.6) is 0 Å². The Labute approximate surface area is 125 Å². The molecule has 0 saturated heterocycles. The smallest absolute Gasteiger partial charge is 0.336 e. The second-order valence-corrected chi connectivity index (χ2v) is 6.55. The van der Waals surface area contributed by atoms with E-state index in [0.29, 0.717) is 11.1 Å². The van der Waals surface area contributed by atoms with Crippen LogP contribution >= 0.6 is 7.60 Å². The molecule has 0 unspecified atom stereocenters. The van der Waals surface area contributed by atoms with Crippen molar-refractivity contribution in [2.24, 2.45) is 5.73 Å². The van der Waals surface area contributed by atoms with E-state index in [2.05, 4.69) is 5.32 Å². The summed E-state index contributed by atoms with van der Waals surface area (Å²) in [6, 6.07) is 4.79. The molecule has 2 aromatic rings. The van der Waals surface area contributed by atoms with E-state index in [9.17, 15) is 14.2 Å². The first kappa shape index (κ1) is 16.4. The fraction of sp³-hybridized carbons (Fsp3) is 0.231. The molecular formula is C13H15N2O6P. The molecule has 0 spiro atoms. The minimum absolute atomic E-state index is 0.124. The third-order valence-corrected chi connectivity index (χ3v) is 3.64. The van der Waals surface area contributed by atoms with Crippen molar-refractivity contribution in [3.05, 3.63) is 40.2 Å². The van der Waals surface area contributed by atoms with Crippen LogP contribution in [-0.2, 0) is 15.5 Å². The highest BCUT2D eigenvalue weighted by Crippen LogP contribution is 2.40. The van der Waals surface area contributed by atoms with Crippen molar-refractivity contribution >= 4 is 30.2 Å². The first-order chi connectivity index (χ1) is 10.2. The summed E-state index contributed by atoms with van der Waals surface area (Å²) in [4.78, 5) is 41.2. The highest BCUT2D eigenvalue weighted by Gasteiger charge is 2.18. The maximum atomic E-state index is 11.5. The molecule has 0 radical (unpaired) electrons. The highest BCUT2D eigenvalue weighted by molar-refractivity contribution is 7.50. The molecule has 0 aliphatic rings. The molecule has 1 aromatic heterocycles. The van der Waals surface area contributed by atoms with Crippen LogP contribution in [0, 0.1) is 0 Å². The van der Waals surface area contributed by atoms with Gasteiger partial charge in [-0.2, -0.15) is 0 Å². The van der Waals surface area contributed by atoms with E-state index in [1.54, 1.807) is 0 Å². The number of carbonyl (C=O) groups excluding carboxylic acids is 1. The number of hydrogen-bond acceptors (Lipinski definition) is 5. The molecule has 0 aliphatic carbocycles. The van der Waals surface area contributed by atoms with Crippen LogP contribution in [0.3, 0.4) is 0 Å². The van der Waals surface area contributed by atoms with E-state index in [4.69, 9.17) is 19.9 Å². The lowest BCUT2D eigenvalue weighted by Gasteiger charge is -2.10. The van der Waals surface area contributed by atoms with Crippen molar-refractivity contribution in [3.63, 3.8) is 0 Å². The lowest BCUT2D eigenvalue weighted by molar-refractivity contribution is -0.117. The van der Waals surface area contributed by atoms with Crippen LogP contribution in [0.25, 0.3) is 11.0 Å². The molecule has 8 nitrogen and oxygen atoms in total. The van der Waals surface area contributed by atoms with Gasteiger partial charge in [-0.25, -0.2) is 4.79 Å². The summed E-state index contributed by atoms with van der Waals surface area (Å²) in [5.74, 6) is -0.409. The molecule has 1 atom stereocenters. The second kappa shape index (κ2) is 6.02. The Balaban J connectivity index is 2.48. The Kier molecular flexibility index (Phi) is 4.48. The zero-order valence-electron chi connectivity index (χ0n) is 11.6. The van der Waals surface area contributed by atoms with Gasteiger partial charge in [0, 0.05) is 23.2 Å². The van der Waals surface area contributed by atoms with Crippen molar-refractivity contribution in [2.75, 3.05) is 5.32 Å². The number of fused-ring (bicyclic) bond motifs is 1. The molecule has 0 fully saturated rings. The minimum Gasteiger partial charge on any atom is -0.423 e. The first-order valence-corrected chi connectivity index (χ1v) is 8.13. The zero-order chi connectivity index (χ0) is 16.5. The standard InChI is InChI=1S/C13H15N2O6P/c1-7(14)13(17)15-9-2-3-10-8(6-22(18,19)20)4-12(16)21-11(10)5-9/h2-5,7H,6,14H2,1H3,(H,15,17)(H2,18,19,20)/t7-/m0/s1. The van der Waals surface area contributed by atoms with Gasteiger partial charge >= 0.3 is 13.2 Å². The second-order valence-electron chi connectivity index (χ2n) is 4.90. The van der Waals surface area contributed by atoms with Gasteiger partial charge in [0.15, 0.2) is 0 Å². The molecule has 1 heterocycles. The van der Waals surface area contributed by atoms with Gasteiger partial charge in [0.05, 0.1) is 12.2 Å². The van der Waals surface area contributed by atoms with Crippen LogP contribution < -0.4 is 16.7 Å². The molecule has 0 saturated carbocycles. The Morgan fingerprint density at radius 1 is 1.41 bits per heavy atom. The fourth-order valence-electron chi connectivity index (χ4n) is 1.92. The molecule has 1 aromatic carbocycles. The summed E-state index contributed by atoms with van der Waals surface area (Å²) in [6.07, 6.45) is -0.569. The molecular weight excluding hydrogens is 311 g/mol. The van der Waals surface area contributed by atoms with E-state index >= 15 is 0 Å². The number of rotatable bonds is 4. The van der Waals surface area contributed by atoms with E-state index in [1.165, 1.54) is 25.1 Å². The number of carbonyl (C=O) groups is 1. The molecule has 22 heavy (non-hydrogen) atoms. The van der Waals surface area contributed by atoms with Crippen molar-refractivity contribution in [1.82, 2.24) is 0 Å². The number of amides is 1. The number of benzene rings is 1. The van der Waals surface area contributed by atoms with Crippen LogP contribution in [-0.4, -0.2) is 21.7 Å². The Bertz CT molecular complexity index is 823. The highest BCUT2D eigenvalue weighted by atomic mass is 31.2. The Morgan fingerprint density at radius 2 is 2.09 bits per heavy atom. The molecule has 9 heteroatoms. The summed E-state index contributed by atoms with van der Waals surface area (Å²) in [7, 11) is -4.33. The average Bonchev–Trinajstić information content (AvgIpc) is 2.35. The summed E-state index contributed by atoms with van der Waals surface area (Å²) in [5, 5.41) is 2.93. The Morgan fingerprint density at radius 3 is 2.68 bits per heavy atom. The number of hydrogen-bond donors (Lipinski definition) is 4. The number of nitrogens with one attached hydrogen (secondary N) is 1. The van der Waals surface area contributed by atoms with Crippen LogP contribution in [0.1, 0.15) is 12.5 Å². The largest absolute Gasteiger partial charge is 0.423 e. The monoisotopic (exact) mass is 326 g/mol. The lowest BCUT2D eigenvalue weighted by Crippen LogP contribution is -2.32. The third-order valence-electron chi connectivity index (χ3n) is 2.89. The van der Waals surface area contributed by atoms with Crippen molar-refractivity contribution < 1.29 is 23.6 Å². The molecule has 118 valence electrons. The first-order valence-electron chi connectivity index (χ1n) is 6.33. The van der Waals surface area contributed by atoms with Crippen LogP contribution in [0.2, 0.25) is 0 Å². The summed E-state index contributed by atoms with van der Waals surface area (Å²) in [5.41, 5.74) is 5.39. The SMILES string of the molecule is C[C@H](N)C(=O)Nc1ccc2c(CP(=O)(O)O)cc(=O)oc2c1.